The fourth-order valence-corrected chi connectivity index (χ4v) is 3.15. The summed E-state index contributed by atoms with van der Waals surface area (Å²) < 4.78 is 15.9. The molecule has 0 heterocycles. The lowest BCUT2D eigenvalue weighted by Crippen LogP contribution is -2.35. The van der Waals surface area contributed by atoms with Crippen LogP contribution in [0.25, 0.3) is 10.4 Å². The highest BCUT2D eigenvalue weighted by Gasteiger charge is 2.39. The van der Waals surface area contributed by atoms with E-state index in [1.807, 2.05) is 0 Å². The van der Waals surface area contributed by atoms with Gasteiger partial charge in [-0.3, -0.25) is 4.79 Å². The number of nitrogens with zero attached hydrogens (tertiary/aromatic N) is 3. The number of amides is 1. The zero-order valence-corrected chi connectivity index (χ0v) is 13.9. The summed E-state index contributed by atoms with van der Waals surface area (Å²) in [6.45, 7) is 3.71. The van der Waals surface area contributed by atoms with Gasteiger partial charge in [-0.15, -0.1) is 0 Å². The molecule has 1 saturated carbocycles. The number of azide groups is 1. The van der Waals surface area contributed by atoms with Gasteiger partial charge in [0.1, 0.15) is 0 Å². The summed E-state index contributed by atoms with van der Waals surface area (Å²) in [6.07, 6.45) is 6.56. The predicted octanol–water partition coefficient (Wildman–Crippen LogP) is 1.67. The van der Waals surface area contributed by atoms with Crippen molar-refractivity contribution in [2.24, 2.45) is 22.9 Å². The van der Waals surface area contributed by atoms with E-state index in [0.717, 1.165) is 12.8 Å². The van der Waals surface area contributed by atoms with Gasteiger partial charge in [0, 0.05) is 23.9 Å². The topological polar surface area (TPSA) is 106 Å². The molecule has 1 amide bonds. The van der Waals surface area contributed by atoms with Crippen molar-refractivity contribution in [2.75, 3.05) is 52.7 Å². The maximum Gasteiger partial charge on any atom is 0.223 e. The van der Waals surface area contributed by atoms with Crippen molar-refractivity contribution in [1.82, 2.24) is 5.32 Å². The van der Waals surface area contributed by atoms with Crippen molar-refractivity contribution in [3.05, 3.63) is 22.6 Å². The van der Waals surface area contributed by atoms with Crippen LogP contribution in [0.1, 0.15) is 12.8 Å². The standard InChI is InChI=1S/C16H26N4O4/c17-20-19-4-6-23-8-10-24-9-7-22-5-3-18-16(21)15-12-13-1-2-14(15)11-13/h1-2,13-15H,3-12H2,(H,18,21). The molecule has 1 N–H and O–H groups in total. The normalized spacial score (nSPS) is 24.1. The van der Waals surface area contributed by atoms with E-state index < -0.39 is 0 Å². The van der Waals surface area contributed by atoms with Gasteiger partial charge in [-0.05, 0) is 30.2 Å². The number of hydrogen-bond donors (Lipinski definition) is 1. The second kappa shape index (κ2) is 11.0. The molecular formula is C16H26N4O4. The third-order valence-corrected chi connectivity index (χ3v) is 4.30. The molecule has 2 aliphatic carbocycles. The first-order chi connectivity index (χ1) is 11.8. The van der Waals surface area contributed by atoms with Crippen molar-refractivity contribution in [1.29, 1.82) is 0 Å². The van der Waals surface area contributed by atoms with Gasteiger partial charge in [0.15, 0.2) is 0 Å². The van der Waals surface area contributed by atoms with Crippen molar-refractivity contribution >= 4 is 5.91 Å². The largest absolute Gasteiger partial charge is 0.379 e. The fourth-order valence-electron chi connectivity index (χ4n) is 3.15. The number of carbonyl (C=O) groups excluding carboxylic acids is 1. The van der Waals surface area contributed by atoms with E-state index in [0.29, 0.717) is 64.6 Å². The van der Waals surface area contributed by atoms with Crippen LogP contribution in [0.5, 0.6) is 0 Å². The summed E-state index contributed by atoms with van der Waals surface area (Å²) in [6, 6.07) is 0. The second-order valence-electron chi connectivity index (χ2n) is 5.97. The molecule has 0 aromatic carbocycles. The third kappa shape index (κ3) is 6.49. The molecule has 0 aliphatic heterocycles. The van der Waals surface area contributed by atoms with E-state index >= 15 is 0 Å². The molecule has 0 aromatic heterocycles. The molecule has 2 rings (SSSR count). The molecule has 134 valence electrons. The minimum Gasteiger partial charge on any atom is -0.379 e. The number of hydrogen-bond acceptors (Lipinski definition) is 5. The molecule has 0 saturated heterocycles. The Balaban J connectivity index is 1.34. The number of nitrogens with one attached hydrogen (secondary N) is 1. The number of fused-ring (bicyclic) bond motifs is 2. The molecule has 2 bridgehead atoms. The van der Waals surface area contributed by atoms with E-state index in [1.54, 1.807) is 0 Å². The molecule has 8 heteroatoms. The van der Waals surface area contributed by atoms with Crippen LogP contribution in [-0.4, -0.2) is 58.6 Å². The van der Waals surface area contributed by atoms with Gasteiger partial charge in [-0.25, -0.2) is 0 Å². The van der Waals surface area contributed by atoms with Gasteiger partial charge in [0.2, 0.25) is 5.91 Å². The Labute approximate surface area is 142 Å². The van der Waals surface area contributed by atoms with E-state index in [2.05, 4.69) is 27.5 Å². The lowest BCUT2D eigenvalue weighted by molar-refractivity contribution is -0.126. The van der Waals surface area contributed by atoms with Crippen LogP contribution in [0.4, 0.5) is 0 Å². The zero-order valence-electron chi connectivity index (χ0n) is 13.9. The molecule has 2 aliphatic rings. The Bertz CT molecular complexity index is 465. The molecule has 0 spiro atoms. The van der Waals surface area contributed by atoms with Crippen LogP contribution in [0, 0.1) is 17.8 Å². The van der Waals surface area contributed by atoms with Crippen LogP contribution in [0.3, 0.4) is 0 Å². The maximum absolute atomic E-state index is 12.1. The van der Waals surface area contributed by atoms with Crippen molar-refractivity contribution < 1.29 is 19.0 Å². The summed E-state index contributed by atoms with van der Waals surface area (Å²) in [5, 5.41) is 6.31. The highest BCUT2D eigenvalue weighted by atomic mass is 16.5. The van der Waals surface area contributed by atoms with E-state index in [1.165, 1.54) is 0 Å². The maximum atomic E-state index is 12.1. The quantitative estimate of drug-likeness (QED) is 0.181. The Morgan fingerprint density at radius 1 is 1.08 bits per heavy atom. The Hall–Kier alpha value is -1.60. The van der Waals surface area contributed by atoms with Crippen LogP contribution >= 0.6 is 0 Å². The van der Waals surface area contributed by atoms with E-state index in [9.17, 15) is 4.79 Å². The highest BCUT2D eigenvalue weighted by molar-refractivity contribution is 5.79. The Kier molecular flexibility index (Phi) is 8.62. The molecular weight excluding hydrogens is 312 g/mol. The molecule has 8 nitrogen and oxygen atoms in total. The summed E-state index contributed by atoms with van der Waals surface area (Å²) in [5.41, 5.74) is 8.08. The summed E-state index contributed by atoms with van der Waals surface area (Å²) in [7, 11) is 0. The predicted molar refractivity (Wildman–Crippen MR) is 88.3 cm³/mol. The summed E-state index contributed by atoms with van der Waals surface area (Å²) in [5.74, 6) is 1.37. The zero-order chi connectivity index (χ0) is 17.0. The average Bonchev–Trinajstić information content (AvgIpc) is 3.22. The van der Waals surface area contributed by atoms with E-state index in [-0.39, 0.29) is 11.8 Å². The van der Waals surface area contributed by atoms with Crippen molar-refractivity contribution in [3.8, 4) is 0 Å². The number of rotatable bonds is 13. The molecule has 1 fully saturated rings. The minimum atomic E-state index is 0.155. The van der Waals surface area contributed by atoms with Crippen molar-refractivity contribution in [2.45, 2.75) is 12.8 Å². The number of carbonyl (C=O) groups is 1. The van der Waals surface area contributed by atoms with Gasteiger partial charge < -0.3 is 19.5 Å². The van der Waals surface area contributed by atoms with Gasteiger partial charge in [-0.2, -0.15) is 0 Å². The van der Waals surface area contributed by atoms with Crippen LogP contribution in [0.2, 0.25) is 0 Å². The monoisotopic (exact) mass is 338 g/mol. The summed E-state index contributed by atoms with van der Waals surface area (Å²) >= 11 is 0. The summed E-state index contributed by atoms with van der Waals surface area (Å²) in [4.78, 5) is 14.7. The first-order valence-corrected chi connectivity index (χ1v) is 8.51. The fraction of sp³-hybridized carbons (Fsp3) is 0.812. The molecule has 0 radical (unpaired) electrons. The second-order valence-corrected chi connectivity index (χ2v) is 5.97. The molecule has 3 atom stereocenters. The lowest BCUT2D eigenvalue weighted by atomic mass is 9.93. The van der Waals surface area contributed by atoms with Crippen LogP contribution in [-0.2, 0) is 19.0 Å². The number of allylic oxidation sites excluding steroid dienone is 2. The SMILES string of the molecule is [N-]=[N+]=NCCOCCOCCOCCNC(=O)C1CC2C=CC1C2. The molecule has 24 heavy (non-hydrogen) atoms. The van der Waals surface area contributed by atoms with Crippen LogP contribution in [0.15, 0.2) is 17.3 Å². The lowest BCUT2D eigenvalue weighted by Gasteiger charge is -2.17. The minimum absolute atomic E-state index is 0.155. The van der Waals surface area contributed by atoms with Gasteiger partial charge in [0.05, 0.1) is 39.6 Å². The van der Waals surface area contributed by atoms with Gasteiger partial charge in [-0.1, -0.05) is 17.3 Å². The smallest absolute Gasteiger partial charge is 0.223 e. The van der Waals surface area contributed by atoms with Crippen molar-refractivity contribution in [3.63, 3.8) is 0 Å². The first kappa shape index (κ1) is 18.7. The first-order valence-electron chi connectivity index (χ1n) is 8.51. The van der Waals surface area contributed by atoms with Gasteiger partial charge in [0.25, 0.3) is 0 Å². The van der Waals surface area contributed by atoms with E-state index in [4.69, 9.17) is 19.7 Å². The Morgan fingerprint density at radius 3 is 2.42 bits per heavy atom. The Morgan fingerprint density at radius 2 is 1.79 bits per heavy atom. The molecule has 3 unspecified atom stereocenters. The highest BCUT2D eigenvalue weighted by Crippen LogP contribution is 2.43. The average molecular weight is 338 g/mol. The van der Waals surface area contributed by atoms with Crippen LogP contribution < -0.4 is 5.32 Å². The number of ether oxygens (including phenoxy) is 3. The third-order valence-electron chi connectivity index (χ3n) is 4.30. The molecule has 0 aromatic rings. The van der Waals surface area contributed by atoms with Gasteiger partial charge >= 0.3 is 0 Å².